The van der Waals surface area contributed by atoms with Crippen molar-refractivity contribution in [3.8, 4) is 0 Å². The molecule has 1 aliphatic rings. The van der Waals surface area contributed by atoms with Crippen LogP contribution in [0.15, 0.2) is 15.8 Å². The molecule has 0 saturated carbocycles. The molecule has 228 valence electrons. The molecule has 1 fully saturated rings. The van der Waals surface area contributed by atoms with Gasteiger partial charge >= 0.3 is 19.4 Å². The molecule has 3 N–H and O–H groups in total. The second-order valence-electron chi connectivity index (χ2n) is 10.1. The van der Waals surface area contributed by atoms with Crippen LogP contribution in [0.3, 0.4) is 0 Å². The molecule has 0 radical (unpaired) electrons. The number of aromatic amines is 1. The van der Waals surface area contributed by atoms with Gasteiger partial charge < -0.3 is 14.6 Å². The lowest BCUT2D eigenvalue weighted by atomic mass is 10.00. The Morgan fingerprint density at radius 2 is 1.93 bits per heavy atom. The topological polar surface area (TPSA) is 175 Å². The van der Waals surface area contributed by atoms with Crippen molar-refractivity contribution in [1.29, 1.82) is 0 Å². The van der Waals surface area contributed by atoms with Gasteiger partial charge in [0.2, 0.25) is 5.82 Å². The Morgan fingerprint density at radius 3 is 2.50 bits per heavy atom. The Bertz CT molecular complexity index is 1240. The fourth-order valence-electron chi connectivity index (χ4n) is 3.16. The number of hydrogen-bond acceptors (Lipinski definition) is 11. The number of halogens is 3. The van der Waals surface area contributed by atoms with Crippen LogP contribution >= 0.6 is 42.7 Å². The average Bonchev–Trinajstić information content (AvgIpc) is 3.05. The lowest BCUT2D eigenvalue weighted by Gasteiger charge is -2.25. The van der Waals surface area contributed by atoms with E-state index in [1.807, 2.05) is 0 Å². The number of rotatable bonds is 12. The molecule has 1 saturated heterocycles. The van der Waals surface area contributed by atoms with E-state index in [9.17, 15) is 33.2 Å². The van der Waals surface area contributed by atoms with Crippen molar-refractivity contribution in [2.45, 2.75) is 76.5 Å². The number of ether oxygens (including phenoxy) is 2. The lowest BCUT2D eigenvalue weighted by molar-refractivity contribution is -0.149. The summed E-state index contributed by atoms with van der Waals surface area (Å²) in [5.41, 5.74) is -3.02. The molecular formula is C22H33Cl2FN3O10PS. The molecule has 40 heavy (non-hydrogen) atoms. The molecule has 1 aliphatic heterocycles. The first-order valence-corrected chi connectivity index (χ1v) is 15.3. The maximum absolute atomic E-state index is 13.8. The Balaban J connectivity index is 2.19. The van der Waals surface area contributed by atoms with Gasteiger partial charge in [-0.3, -0.25) is 33.0 Å². The number of nitrogens with one attached hydrogen (secondary N) is 2. The number of esters is 1. The molecule has 5 atom stereocenters. The monoisotopic (exact) mass is 651 g/mol. The SMILES string of the molecule is CC(C)OC(=O)C(C)NP(=O)(OCCSC(=O)C(C)(C)C)OCC1OC(n2cc(F)c(=O)[nH]c2=O)C(Cl)(Cl)C1O. The van der Waals surface area contributed by atoms with Gasteiger partial charge in [-0.05, 0) is 20.8 Å². The molecule has 0 bridgehead atoms. The predicted molar refractivity (Wildman–Crippen MR) is 146 cm³/mol. The maximum Gasteiger partial charge on any atom is 0.406 e. The van der Waals surface area contributed by atoms with Crippen molar-refractivity contribution < 1.29 is 42.2 Å². The molecule has 0 aromatic carbocycles. The smallest absolute Gasteiger partial charge is 0.406 e. The average molecular weight is 652 g/mol. The van der Waals surface area contributed by atoms with E-state index >= 15 is 0 Å². The quantitative estimate of drug-likeness (QED) is 0.130. The van der Waals surface area contributed by atoms with Crippen molar-refractivity contribution in [1.82, 2.24) is 14.6 Å². The summed E-state index contributed by atoms with van der Waals surface area (Å²) in [5, 5.41) is 13.0. The van der Waals surface area contributed by atoms with Gasteiger partial charge in [-0.15, -0.1) is 0 Å². The van der Waals surface area contributed by atoms with Crippen LogP contribution in [0.5, 0.6) is 0 Å². The predicted octanol–water partition coefficient (Wildman–Crippen LogP) is 2.48. The summed E-state index contributed by atoms with van der Waals surface area (Å²) in [6, 6.07) is -1.16. The van der Waals surface area contributed by atoms with Crippen LogP contribution in [-0.4, -0.2) is 73.4 Å². The minimum absolute atomic E-state index is 0.105. The Labute approximate surface area is 244 Å². The van der Waals surface area contributed by atoms with Gasteiger partial charge in [-0.25, -0.2) is 14.4 Å². The van der Waals surface area contributed by atoms with Gasteiger partial charge in [0.15, 0.2) is 15.7 Å². The van der Waals surface area contributed by atoms with Gasteiger partial charge in [0.25, 0.3) is 5.56 Å². The standard InChI is InChI=1S/C22H33Cl2FN3O10PS/c1-11(2)37-17(31)12(3)27-39(34,35-7-8-40-19(32)21(4,5)6)36-10-14-15(29)22(23,24)18(38-14)28-9-13(25)16(30)26-20(28)33/h9,11-12,14-15,18,29H,7-8,10H2,1-6H3,(H,27,34)(H,26,30,33). The van der Waals surface area contributed by atoms with Crippen LogP contribution < -0.4 is 16.3 Å². The van der Waals surface area contributed by atoms with Gasteiger partial charge in [-0.2, -0.15) is 4.39 Å². The van der Waals surface area contributed by atoms with E-state index in [1.54, 1.807) is 39.6 Å². The number of H-pyrrole nitrogens is 1. The molecule has 2 rings (SSSR count). The van der Waals surface area contributed by atoms with Crippen molar-refractivity contribution in [2.24, 2.45) is 5.41 Å². The van der Waals surface area contributed by atoms with Gasteiger partial charge in [-0.1, -0.05) is 55.7 Å². The molecule has 5 unspecified atom stereocenters. The molecule has 1 aromatic rings. The first-order valence-electron chi connectivity index (χ1n) is 12.1. The second kappa shape index (κ2) is 13.8. The molecule has 18 heteroatoms. The highest BCUT2D eigenvalue weighted by molar-refractivity contribution is 8.13. The first-order chi connectivity index (χ1) is 18.3. The van der Waals surface area contributed by atoms with Crippen LogP contribution in [0, 0.1) is 11.2 Å². The Kier molecular flexibility index (Phi) is 12.0. The summed E-state index contributed by atoms with van der Waals surface area (Å²) in [6.45, 7) is 8.90. The van der Waals surface area contributed by atoms with E-state index in [0.29, 0.717) is 10.8 Å². The molecule has 13 nitrogen and oxygen atoms in total. The molecule has 1 aromatic heterocycles. The molecule has 2 heterocycles. The van der Waals surface area contributed by atoms with Crippen LogP contribution in [0.4, 0.5) is 4.39 Å². The third kappa shape index (κ3) is 9.10. The van der Waals surface area contributed by atoms with Crippen molar-refractivity contribution in [2.75, 3.05) is 19.0 Å². The number of aliphatic hydroxyl groups excluding tert-OH is 1. The Morgan fingerprint density at radius 1 is 1.30 bits per heavy atom. The van der Waals surface area contributed by atoms with Crippen molar-refractivity contribution >= 4 is 53.8 Å². The molecule has 0 spiro atoms. The lowest BCUT2D eigenvalue weighted by Crippen LogP contribution is -2.42. The van der Waals surface area contributed by atoms with Gasteiger partial charge in [0, 0.05) is 11.2 Å². The largest absolute Gasteiger partial charge is 0.462 e. The number of hydrogen-bond donors (Lipinski definition) is 3. The zero-order valence-electron chi connectivity index (χ0n) is 22.6. The minimum Gasteiger partial charge on any atom is -0.462 e. The van der Waals surface area contributed by atoms with Crippen LogP contribution in [0.2, 0.25) is 0 Å². The number of nitrogens with zero attached hydrogens (tertiary/aromatic N) is 1. The molecular weight excluding hydrogens is 619 g/mol. The van der Waals surface area contributed by atoms with E-state index < -0.39 is 77.7 Å². The number of aliphatic hydroxyl groups is 1. The highest BCUT2D eigenvalue weighted by Gasteiger charge is 2.56. The maximum atomic E-state index is 13.8. The van der Waals surface area contributed by atoms with Crippen LogP contribution in [0.25, 0.3) is 0 Å². The normalized spacial score (nSPS) is 23.1. The van der Waals surface area contributed by atoms with E-state index in [1.165, 1.54) is 6.92 Å². The number of thioether (sulfide) groups is 1. The van der Waals surface area contributed by atoms with E-state index in [-0.39, 0.29) is 17.5 Å². The van der Waals surface area contributed by atoms with Crippen molar-refractivity contribution in [3.05, 3.63) is 32.9 Å². The van der Waals surface area contributed by atoms with Crippen LogP contribution in [-0.2, 0) is 32.7 Å². The van der Waals surface area contributed by atoms with E-state index in [4.69, 9.17) is 41.7 Å². The summed E-state index contributed by atoms with van der Waals surface area (Å²) >= 11 is 13.4. The summed E-state index contributed by atoms with van der Waals surface area (Å²) < 4.78 is 47.2. The van der Waals surface area contributed by atoms with E-state index in [0.717, 1.165) is 11.8 Å². The zero-order chi connectivity index (χ0) is 30.6. The number of carbonyl (C=O) groups excluding carboxylic acids is 2. The van der Waals surface area contributed by atoms with E-state index in [2.05, 4.69) is 5.09 Å². The van der Waals surface area contributed by atoms with Gasteiger partial charge in [0.05, 0.1) is 25.5 Å². The third-order valence-electron chi connectivity index (χ3n) is 5.21. The summed E-state index contributed by atoms with van der Waals surface area (Å²) in [4.78, 5) is 49.7. The molecule has 0 amide bonds. The van der Waals surface area contributed by atoms with Crippen LogP contribution in [0.1, 0.15) is 47.8 Å². The summed E-state index contributed by atoms with van der Waals surface area (Å²) in [7, 11) is -4.34. The fraction of sp³-hybridized carbons (Fsp3) is 0.727. The van der Waals surface area contributed by atoms with Gasteiger partial charge in [0.1, 0.15) is 18.2 Å². The third-order valence-corrected chi connectivity index (χ3v) is 8.99. The highest BCUT2D eigenvalue weighted by Crippen LogP contribution is 2.49. The zero-order valence-corrected chi connectivity index (χ0v) is 25.9. The number of carbonyl (C=O) groups is 2. The summed E-state index contributed by atoms with van der Waals surface area (Å²) in [6.07, 6.45) is -4.84. The van der Waals surface area contributed by atoms with Crippen molar-refractivity contribution in [3.63, 3.8) is 0 Å². The highest BCUT2D eigenvalue weighted by atomic mass is 35.5. The summed E-state index contributed by atoms with van der Waals surface area (Å²) in [5.74, 6) is -1.99. The number of alkyl halides is 2. The minimum atomic E-state index is -4.34. The Hall–Kier alpha value is -1.29. The first kappa shape index (κ1) is 34.9. The second-order valence-corrected chi connectivity index (χ2v) is 14.4. The fourth-order valence-corrected chi connectivity index (χ4v) is 6.14. The molecule has 0 aliphatic carbocycles. The number of aromatic nitrogens is 2.